The first-order valence-electron chi connectivity index (χ1n) is 39.4. The van der Waals surface area contributed by atoms with E-state index in [-0.39, 0.29) is 87.5 Å². The summed E-state index contributed by atoms with van der Waals surface area (Å²) in [4.78, 5) is 136. The second kappa shape index (κ2) is 46.6. The monoisotopic (exact) mass is 2100 g/mol. The third-order valence-electron chi connectivity index (χ3n) is 19.2. The van der Waals surface area contributed by atoms with Crippen molar-refractivity contribution in [2.45, 2.75) is 64.7 Å². The Morgan fingerprint density at radius 1 is 0.420 bits per heavy atom. The van der Waals surface area contributed by atoms with Gasteiger partial charge in [-0.05, 0) is 149 Å². The third kappa shape index (κ3) is 29.0. The van der Waals surface area contributed by atoms with Crippen LogP contribution in [0.25, 0.3) is 45.0 Å². The molecule has 14 aromatic rings. The number of imide groups is 1. The van der Waals surface area contributed by atoms with Gasteiger partial charge in [0, 0.05) is 113 Å². The molecule has 0 radical (unpaired) electrons. The SMILES string of the molecule is CC(=O)c1cccc(C)c1.Cc1cccc(C(=O)CBr)c1.Nc1nc(-c2cccc(C(F)(F)F)c2)cs1.O=C(Nc1nc(-c2cccc(C(F)(F)F)c2)cs1)c1cc(Cl)ccc1[N+](=O)[O-].O=C(Nc1nc(-c2cccc(C(F)(F)F)c2)cs1)c1cc(N2CCCCC2)ccc1[N+](=O)[O-].O=C(c1cc(Cl)ccc1[N+](=O)[O-])N(C(=O)c1cc(Cl)ccc1[N+](=O)[O-])c1nc(-c2cccc(C(F)(F)F)c2)cs1. The molecule has 0 atom stereocenters. The number of carbonyl (C=O) groups excluding carboxylic acids is 6. The quantitative estimate of drug-likeness (QED) is 0.0169. The van der Waals surface area contributed by atoms with Crippen molar-refractivity contribution >= 4 is 180 Å². The van der Waals surface area contributed by atoms with Gasteiger partial charge in [-0.1, -0.05) is 147 Å². The second-order valence-corrected chi connectivity index (χ2v) is 34.3. The predicted octanol–water partition coefficient (Wildman–Crippen LogP) is 27.2. The van der Waals surface area contributed by atoms with Crippen molar-refractivity contribution in [3.8, 4) is 45.0 Å². The van der Waals surface area contributed by atoms with Crippen LogP contribution in [-0.2, 0) is 24.7 Å². The standard InChI is InChI=1S/C24H11Cl2F3N4O6S.C22H19F3N4O3S.C17H9ClF3N3O3S.C10H7F3N2S.C9H9BrO.C9H10O/c25-14-4-6-19(32(36)37)16(9-14)21(34)31(22(35)17-10-15(26)5-7-20(17)33(38)39)23-30-18(11-40-23)12-2-1-3-13(8-12)24(27,28)29;23-22(24,25)15-6-4-5-14(11-15)18-13-33-21(26-18)27-20(30)17-12-16(7-8-19(17)29(31)32)28-9-2-1-3-10-28;18-11-4-5-14(24(26)27)12(7-11)15(25)23-16-22-13(8-28-16)9-2-1-3-10(6-9)17(19,20)21;11-10(12,13)7-3-1-2-6(4-7)8-5-16-9(14)15-8;1-7-3-2-4-8(5-7)9(11)6-10;1-7-4-3-5-9(6-7)8(2)10/h1-11H;4-8,11-13H,1-3,9-10H2,(H,26,27,30);1-8H,(H,22,23,25);1-5H,(H2,14,15);2-5H,6H2,1H3;3-6H,1-2H3. The number of nitro groups is 4. The van der Waals surface area contributed by atoms with E-state index < -0.39 is 124 Å². The minimum absolute atomic E-state index is 0.0142. The lowest BCUT2D eigenvalue weighted by molar-refractivity contribution is -0.385. The molecule has 10 aromatic carbocycles. The zero-order chi connectivity index (χ0) is 101. The zero-order valence-electron chi connectivity index (χ0n) is 70.8. The van der Waals surface area contributed by atoms with Crippen LogP contribution in [0.5, 0.6) is 0 Å². The van der Waals surface area contributed by atoms with E-state index in [1.54, 1.807) is 24.4 Å². The van der Waals surface area contributed by atoms with Crippen molar-refractivity contribution in [1.82, 2.24) is 19.9 Å². The fourth-order valence-electron chi connectivity index (χ4n) is 12.6. The molecule has 0 spiro atoms. The molecule has 4 amide bonds. The molecule has 1 fully saturated rings. The van der Waals surface area contributed by atoms with Gasteiger partial charge in [0.15, 0.2) is 32.1 Å². The number of nitrogens with two attached hydrogens (primary N) is 1. The molecule has 27 nitrogen and oxygen atoms in total. The topological polar surface area (TPSA) is 383 Å². The van der Waals surface area contributed by atoms with Gasteiger partial charge in [0.25, 0.3) is 46.4 Å². The Balaban J connectivity index is 0.000000182. The summed E-state index contributed by atoms with van der Waals surface area (Å²) < 4.78 is 155. The number of ketones is 2. The Morgan fingerprint density at radius 3 is 1.11 bits per heavy atom. The average Bonchev–Trinajstić information content (AvgIpc) is 1.65. The molecule has 0 bridgehead atoms. The van der Waals surface area contributed by atoms with Crippen LogP contribution in [0, 0.1) is 54.3 Å². The van der Waals surface area contributed by atoms with Crippen LogP contribution in [0.1, 0.15) is 122 Å². The largest absolute Gasteiger partial charge is 0.416 e. The molecular formula is C91H65BrCl3F12N13O14S4. The second-order valence-electron chi connectivity index (χ2n) is 28.9. The maximum absolute atomic E-state index is 13.7. The summed E-state index contributed by atoms with van der Waals surface area (Å²) in [7, 11) is 0. The molecule has 138 heavy (non-hydrogen) atoms. The van der Waals surface area contributed by atoms with Crippen molar-refractivity contribution in [3.63, 3.8) is 0 Å². The molecule has 4 aromatic heterocycles. The van der Waals surface area contributed by atoms with Gasteiger partial charge in [0.2, 0.25) is 0 Å². The number of nitrogen functional groups attached to an aromatic ring is 1. The highest BCUT2D eigenvalue weighted by atomic mass is 79.9. The summed E-state index contributed by atoms with van der Waals surface area (Å²) in [6, 6.07) is 47.6. The average molecular weight is 2110 g/mol. The fourth-order valence-corrected chi connectivity index (χ4v) is 16.3. The Hall–Kier alpha value is -14.2. The van der Waals surface area contributed by atoms with Crippen LogP contribution in [0.4, 0.5) is 102 Å². The molecule has 1 saturated heterocycles. The van der Waals surface area contributed by atoms with E-state index in [0.717, 1.165) is 186 Å². The number of aryl methyl sites for hydroxylation is 2. The van der Waals surface area contributed by atoms with E-state index in [1.807, 2.05) is 62.4 Å². The lowest BCUT2D eigenvalue weighted by atomic mass is 10.1. The van der Waals surface area contributed by atoms with Crippen molar-refractivity contribution in [2.75, 3.05) is 44.6 Å². The number of nitro benzene ring substituents is 4. The molecule has 714 valence electrons. The van der Waals surface area contributed by atoms with Gasteiger partial charge in [0.1, 0.15) is 22.3 Å². The van der Waals surface area contributed by atoms with Crippen LogP contribution < -0.4 is 26.2 Å². The normalized spacial score (nSPS) is 11.7. The number of thiazole rings is 4. The van der Waals surface area contributed by atoms with E-state index in [4.69, 9.17) is 40.5 Å². The molecule has 0 saturated carbocycles. The number of amides is 4. The molecular weight excluding hydrogens is 2040 g/mol. The number of piperidine rings is 1. The number of nitrogens with one attached hydrogen (secondary N) is 2. The number of anilines is 5. The Labute approximate surface area is 812 Å². The molecule has 5 heterocycles. The Morgan fingerprint density at radius 2 is 0.754 bits per heavy atom. The maximum atomic E-state index is 13.7. The smallest absolute Gasteiger partial charge is 0.375 e. The lowest BCUT2D eigenvalue weighted by Crippen LogP contribution is -2.37. The van der Waals surface area contributed by atoms with Crippen LogP contribution in [0.15, 0.2) is 240 Å². The predicted molar refractivity (Wildman–Crippen MR) is 506 cm³/mol. The maximum Gasteiger partial charge on any atom is 0.416 e. The highest BCUT2D eigenvalue weighted by Gasteiger charge is 2.39. The van der Waals surface area contributed by atoms with Crippen molar-refractivity contribution in [2.24, 2.45) is 0 Å². The van der Waals surface area contributed by atoms with Gasteiger partial charge >= 0.3 is 24.7 Å². The molecule has 0 unspecified atom stereocenters. The summed E-state index contributed by atoms with van der Waals surface area (Å²) in [5.41, 5.74) is 4.58. The summed E-state index contributed by atoms with van der Waals surface area (Å²) in [5, 5.41) is 57.0. The number of carbonyl (C=O) groups is 6. The van der Waals surface area contributed by atoms with Gasteiger partial charge < -0.3 is 10.6 Å². The molecule has 4 N–H and O–H groups in total. The number of halogens is 16. The Kier molecular flexibility index (Phi) is 35.8. The number of benzene rings is 10. The molecule has 0 aliphatic carbocycles. The van der Waals surface area contributed by atoms with E-state index in [0.29, 0.717) is 38.0 Å². The van der Waals surface area contributed by atoms with Gasteiger partial charge in [-0.15, -0.1) is 45.3 Å². The van der Waals surface area contributed by atoms with Gasteiger partial charge in [-0.2, -0.15) is 52.7 Å². The first kappa shape index (κ1) is 106. The molecule has 47 heteroatoms. The molecule has 15 rings (SSSR count). The van der Waals surface area contributed by atoms with E-state index in [1.165, 1.54) is 82.1 Å². The minimum atomic E-state index is -4.66. The van der Waals surface area contributed by atoms with Gasteiger partial charge in [-0.25, -0.2) is 24.8 Å². The number of rotatable bonds is 19. The number of nitrogens with zero attached hydrogens (tertiary/aromatic N) is 10. The summed E-state index contributed by atoms with van der Waals surface area (Å²) in [6.45, 7) is 7.16. The summed E-state index contributed by atoms with van der Waals surface area (Å²) in [6.07, 6.45) is -14.8. The Bertz CT molecular complexity index is 6840. The third-order valence-corrected chi connectivity index (χ3v) is 23.4. The van der Waals surface area contributed by atoms with Crippen molar-refractivity contribution < 1.29 is 101 Å². The number of aromatic nitrogens is 4. The summed E-state index contributed by atoms with van der Waals surface area (Å²) >= 11 is 24.6. The van der Waals surface area contributed by atoms with E-state index in [9.17, 15) is 122 Å². The molecule has 1 aliphatic rings. The first-order valence-corrected chi connectivity index (χ1v) is 45.2. The van der Waals surface area contributed by atoms with Crippen LogP contribution >= 0.6 is 96.1 Å². The van der Waals surface area contributed by atoms with Crippen molar-refractivity contribution in [1.29, 1.82) is 0 Å². The highest BCUT2D eigenvalue weighted by Crippen LogP contribution is 2.41. The number of Topliss-reactive ketones (excluding diaryl/α,β-unsaturated/α-hetero) is 2. The number of hydrogen-bond donors (Lipinski definition) is 3. The summed E-state index contributed by atoms with van der Waals surface area (Å²) in [5.74, 6) is -3.89. The highest BCUT2D eigenvalue weighted by molar-refractivity contribution is 9.09. The van der Waals surface area contributed by atoms with Crippen LogP contribution in [0.3, 0.4) is 0 Å². The van der Waals surface area contributed by atoms with Crippen LogP contribution in [-0.4, -0.2) is 93.2 Å². The van der Waals surface area contributed by atoms with E-state index in [2.05, 4.69) is 51.4 Å². The number of hydrogen-bond acceptors (Lipinski definition) is 24. The fraction of sp³-hybridized carbons (Fsp3) is 0.143. The zero-order valence-corrected chi connectivity index (χ0v) is 77.9. The van der Waals surface area contributed by atoms with Crippen molar-refractivity contribution in [3.05, 3.63) is 362 Å². The lowest BCUT2D eigenvalue weighted by Gasteiger charge is -2.29. The number of alkyl halides is 13. The van der Waals surface area contributed by atoms with Gasteiger partial charge in [-0.3, -0.25) is 79.9 Å². The van der Waals surface area contributed by atoms with Crippen LogP contribution in [0.2, 0.25) is 15.1 Å². The van der Waals surface area contributed by atoms with Gasteiger partial charge in [0.05, 0.1) is 70.1 Å². The minimum Gasteiger partial charge on any atom is -0.375 e. The molecule has 1 aliphatic heterocycles. The van der Waals surface area contributed by atoms with E-state index >= 15 is 0 Å². The first-order chi connectivity index (χ1) is 65.0.